The van der Waals surface area contributed by atoms with Crippen LogP contribution in [0.3, 0.4) is 0 Å². The van der Waals surface area contributed by atoms with Gasteiger partial charge in [0.1, 0.15) is 5.82 Å². The molecule has 1 fully saturated rings. The average molecular weight is 492 g/mol. The summed E-state index contributed by atoms with van der Waals surface area (Å²) in [4.78, 5) is 13.2. The number of nitrogens with one attached hydrogen (secondary N) is 1. The van der Waals surface area contributed by atoms with E-state index in [0.717, 1.165) is 12.8 Å². The quantitative estimate of drug-likeness (QED) is 0.451. The molecule has 0 spiro atoms. The molecule has 1 aliphatic rings. The fourth-order valence-corrected chi connectivity index (χ4v) is 5.65. The largest absolute Gasteiger partial charge is 0.341 e. The summed E-state index contributed by atoms with van der Waals surface area (Å²) >= 11 is 12.1. The van der Waals surface area contributed by atoms with Crippen molar-refractivity contribution >= 4 is 38.9 Å². The van der Waals surface area contributed by atoms with Crippen LogP contribution in [0.25, 0.3) is 0 Å². The zero-order valence-electron chi connectivity index (χ0n) is 16.9. The normalized spacial score (nSPS) is 14.7. The molecule has 166 valence electrons. The van der Waals surface area contributed by atoms with Gasteiger partial charge in [-0.05, 0) is 72.4 Å². The number of carbonyl (C=O) groups excluding carboxylic acids is 1. The van der Waals surface area contributed by atoms with E-state index < -0.39 is 27.6 Å². The first-order chi connectivity index (χ1) is 15.2. The zero-order valence-corrected chi connectivity index (χ0v) is 19.2. The first-order valence-electron chi connectivity index (χ1n) is 10.1. The Hall–Kier alpha value is -2.41. The molecule has 0 saturated heterocycles. The summed E-state index contributed by atoms with van der Waals surface area (Å²) in [5, 5.41) is 3.52. The molecule has 1 amide bonds. The van der Waals surface area contributed by atoms with Crippen molar-refractivity contribution in [2.45, 2.75) is 23.8 Å². The summed E-state index contributed by atoms with van der Waals surface area (Å²) in [7, 11) is -3.35. The van der Waals surface area contributed by atoms with Crippen LogP contribution in [0.5, 0.6) is 0 Å². The molecule has 0 bridgehead atoms. The second kappa shape index (κ2) is 9.22. The number of rotatable bonds is 7. The summed E-state index contributed by atoms with van der Waals surface area (Å²) in [5.41, 5.74) is 1.53. The molecule has 0 aliphatic heterocycles. The van der Waals surface area contributed by atoms with Crippen molar-refractivity contribution in [1.82, 2.24) is 5.32 Å². The van der Waals surface area contributed by atoms with Gasteiger partial charge in [0, 0.05) is 5.02 Å². The van der Waals surface area contributed by atoms with Crippen LogP contribution in [0.1, 0.15) is 40.4 Å². The van der Waals surface area contributed by atoms with Crippen molar-refractivity contribution in [3.05, 3.63) is 99.3 Å². The second-order valence-corrected chi connectivity index (χ2v) is 10.8. The molecule has 32 heavy (non-hydrogen) atoms. The molecule has 4 nitrogen and oxygen atoms in total. The second-order valence-electron chi connectivity index (χ2n) is 7.88. The SMILES string of the molecule is O=C(NC(c1ccc(F)cc1)c1ccc(S(=O)(=O)CC2CC2)cc1)c1ccc(Cl)cc1Cl. The van der Waals surface area contributed by atoms with Crippen LogP contribution in [0, 0.1) is 11.7 Å². The lowest BCUT2D eigenvalue weighted by atomic mass is 9.98. The highest BCUT2D eigenvalue weighted by molar-refractivity contribution is 7.91. The van der Waals surface area contributed by atoms with Crippen molar-refractivity contribution < 1.29 is 17.6 Å². The Labute approximate surface area is 196 Å². The maximum atomic E-state index is 13.5. The molecule has 8 heteroatoms. The van der Waals surface area contributed by atoms with E-state index in [0.29, 0.717) is 16.1 Å². The number of sulfone groups is 1. The summed E-state index contributed by atoms with van der Waals surface area (Å²) in [6.07, 6.45) is 1.90. The standard InChI is InChI=1S/C24H20Cl2FNO3S/c25-18-7-12-21(22(26)13-18)24(29)28-23(16-3-8-19(27)9-4-16)17-5-10-20(11-6-17)32(30,31)14-15-1-2-15/h3-13,15,23H,1-2,14H2,(H,28,29). The summed E-state index contributed by atoms with van der Waals surface area (Å²) in [5.74, 6) is -0.443. The molecule has 1 N–H and O–H groups in total. The Morgan fingerprint density at radius 2 is 1.56 bits per heavy atom. The number of halogens is 3. The third kappa shape index (κ3) is 5.31. The topological polar surface area (TPSA) is 63.2 Å². The Balaban J connectivity index is 1.65. The van der Waals surface area contributed by atoms with Gasteiger partial charge in [-0.3, -0.25) is 4.79 Å². The van der Waals surface area contributed by atoms with E-state index in [4.69, 9.17) is 23.2 Å². The van der Waals surface area contributed by atoms with Gasteiger partial charge in [0.2, 0.25) is 0 Å². The molecule has 0 radical (unpaired) electrons. The van der Waals surface area contributed by atoms with E-state index in [2.05, 4.69) is 5.32 Å². The van der Waals surface area contributed by atoms with Crippen LogP contribution >= 0.6 is 23.2 Å². The minimum Gasteiger partial charge on any atom is -0.341 e. The molecular weight excluding hydrogens is 472 g/mol. The Kier molecular flexibility index (Phi) is 6.56. The molecule has 0 aromatic heterocycles. The number of carbonyl (C=O) groups is 1. The van der Waals surface area contributed by atoms with Crippen LogP contribution in [0.2, 0.25) is 10.0 Å². The van der Waals surface area contributed by atoms with Gasteiger partial charge in [-0.15, -0.1) is 0 Å². The van der Waals surface area contributed by atoms with Crippen LogP contribution in [-0.4, -0.2) is 20.1 Å². The van der Waals surface area contributed by atoms with Gasteiger partial charge in [-0.25, -0.2) is 12.8 Å². The third-order valence-corrected chi connectivity index (χ3v) is 7.83. The lowest BCUT2D eigenvalue weighted by molar-refractivity contribution is 0.0943. The van der Waals surface area contributed by atoms with E-state index in [1.807, 2.05) is 0 Å². The van der Waals surface area contributed by atoms with Gasteiger partial charge in [0.05, 0.1) is 27.3 Å². The summed E-state index contributed by atoms with van der Waals surface area (Å²) in [6.45, 7) is 0. The minimum absolute atomic E-state index is 0.152. The maximum Gasteiger partial charge on any atom is 0.253 e. The highest BCUT2D eigenvalue weighted by Crippen LogP contribution is 2.33. The van der Waals surface area contributed by atoms with Crippen LogP contribution < -0.4 is 5.32 Å². The molecule has 4 rings (SSSR count). The molecule has 0 heterocycles. The molecule has 3 aromatic carbocycles. The molecule has 1 aliphatic carbocycles. The predicted octanol–water partition coefficient (Wildman–Crippen LogP) is 5.84. The highest BCUT2D eigenvalue weighted by atomic mass is 35.5. The molecule has 1 saturated carbocycles. The van der Waals surface area contributed by atoms with Gasteiger partial charge in [-0.1, -0.05) is 47.5 Å². The summed E-state index contributed by atoms with van der Waals surface area (Å²) in [6, 6.07) is 16.1. The van der Waals surface area contributed by atoms with Gasteiger partial charge in [-0.2, -0.15) is 0 Å². The molecule has 1 unspecified atom stereocenters. The van der Waals surface area contributed by atoms with Crippen molar-refractivity contribution in [3.63, 3.8) is 0 Å². The molecule has 3 aromatic rings. The first-order valence-corrected chi connectivity index (χ1v) is 12.5. The fourth-order valence-electron chi connectivity index (χ4n) is 3.46. The lowest BCUT2D eigenvalue weighted by Crippen LogP contribution is -2.29. The van der Waals surface area contributed by atoms with E-state index in [-0.39, 0.29) is 27.2 Å². The van der Waals surface area contributed by atoms with Gasteiger partial charge >= 0.3 is 0 Å². The lowest BCUT2D eigenvalue weighted by Gasteiger charge is -2.21. The van der Waals surface area contributed by atoms with Crippen LogP contribution in [0.4, 0.5) is 4.39 Å². The number of hydrogen-bond acceptors (Lipinski definition) is 3. The predicted molar refractivity (Wildman–Crippen MR) is 123 cm³/mol. The monoisotopic (exact) mass is 491 g/mol. The fraction of sp³-hybridized carbons (Fsp3) is 0.208. The van der Waals surface area contributed by atoms with E-state index in [1.54, 1.807) is 42.5 Å². The number of hydrogen-bond donors (Lipinski definition) is 1. The highest BCUT2D eigenvalue weighted by Gasteiger charge is 2.29. The summed E-state index contributed by atoms with van der Waals surface area (Å²) < 4.78 is 38.6. The number of benzene rings is 3. The van der Waals surface area contributed by atoms with Crippen molar-refractivity contribution in [1.29, 1.82) is 0 Å². The third-order valence-electron chi connectivity index (χ3n) is 5.38. The van der Waals surface area contributed by atoms with Crippen LogP contribution in [0.15, 0.2) is 71.6 Å². The Morgan fingerprint density at radius 3 is 2.12 bits per heavy atom. The average Bonchev–Trinajstić information content (AvgIpc) is 3.56. The zero-order chi connectivity index (χ0) is 22.9. The van der Waals surface area contributed by atoms with Crippen LogP contribution in [-0.2, 0) is 9.84 Å². The van der Waals surface area contributed by atoms with Crippen molar-refractivity contribution in [2.24, 2.45) is 5.92 Å². The van der Waals surface area contributed by atoms with Gasteiger partial charge < -0.3 is 5.32 Å². The van der Waals surface area contributed by atoms with Crippen molar-refractivity contribution in [2.75, 3.05) is 5.75 Å². The van der Waals surface area contributed by atoms with E-state index >= 15 is 0 Å². The van der Waals surface area contributed by atoms with Gasteiger partial charge in [0.15, 0.2) is 9.84 Å². The van der Waals surface area contributed by atoms with Crippen molar-refractivity contribution in [3.8, 4) is 0 Å². The molecule has 1 atom stereocenters. The smallest absolute Gasteiger partial charge is 0.253 e. The number of amides is 1. The Morgan fingerprint density at radius 1 is 0.969 bits per heavy atom. The maximum absolute atomic E-state index is 13.5. The van der Waals surface area contributed by atoms with E-state index in [1.165, 1.54) is 24.3 Å². The van der Waals surface area contributed by atoms with E-state index in [9.17, 15) is 17.6 Å². The van der Waals surface area contributed by atoms with Gasteiger partial charge in [0.25, 0.3) is 5.91 Å². The first kappa shape index (κ1) is 22.8. The molecular formula is C24H20Cl2FNO3S. The minimum atomic E-state index is -3.35. The Bertz CT molecular complexity index is 1240.